The first-order valence-electron chi connectivity index (χ1n) is 3.16. The van der Waals surface area contributed by atoms with Crippen LogP contribution in [0.15, 0.2) is 0 Å². The summed E-state index contributed by atoms with van der Waals surface area (Å²) in [5, 5.41) is 3.30. The molecule has 2 nitrogen and oxygen atoms in total. The van der Waals surface area contributed by atoms with Crippen molar-refractivity contribution in [3.63, 3.8) is 0 Å². The average molecular weight is 115 g/mol. The lowest BCUT2D eigenvalue weighted by atomic mass is 10.1. The second-order valence-electron chi connectivity index (χ2n) is 2.22. The van der Waals surface area contributed by atoms with E-state index in [0.717, 1.165) is 12.6 Å². The summed E-state index contributed by atoms with van der Waals surface area (Å²) in [5.41, 5.74) is 0. The molecule has 2 heteroatoms. The Hall–Kier alpha value is -0.0800. The maximum absolute atomic E-state index is 4.91. The zero-order valence-corrected chi connectivity index (χ0v) is 5.31. The summed E-state index contributed by atoms with van der Waals surface area (Å²) in [6, 6.07) is 0.759. The van der Waals surface area contributed by atoms with Crippen molar-refractivity contribution in [2.75, 3.05) is 20.3 Å². The minimum atomic E-state index is 0.759. The fourth-order valence-corrected chi connectivity index (χ4v) is 0.855. The fourth-order valence-electron chi connectivity index (χ4n) is 0.855. The van der Waals surface area contributed by atoms with Gasteiger partial charge in [-0.15, -0.1) is 0 Å². The fraction of sp³-hybridized carbons (Fsp3) is 1.00. The molecular weight excluding hydrogens is 102 g/mol. The van der Waals surface area contributed by atoms with Gasteiger partial charge in [-0.2, -0.15) is 0 Å². The maximum Gasteiger partial charge on any atom is 0.0477 e. The Morgan fingerprint density at radius 2 is 2.50 bits per heavy atom. The number of methoxy groups -OCH3 is 1. The van der Waals surface area contributed by atoms with Crippen LogP contribution < -0.4 is 5.32 Å². The molecule has 0 spiro atoms. The summed E-state index contributed by atoms with van der Waals surface area (Å²) in [4.78, 5) is 0. The van der Waals surface area contributed by atoms with Gasteiger partial charge >= 0.3 is 0 Å². The van der Waals surface area contributed by atoms with Crippen molar-refractivity contribution >= 4 is 0 Å². The molecule has 1 N–H and O–H groups in total. The maximum atomic E-state index is 4.91. The van der Waals surface area contributed by atoms with Crippen molar-refractivity contribution in [3.05, 3.63) is 0 Å². The predicted molar refractivity (Wildman–Crippen MR) is 32.9 cm³/mol. The van der Waals surface area contributed by atoms with Crippen LogP contribution in [0.5, 0.6) is 0 Å². The van der Waals surface area contributed by atoms with E-state index in [0.29, 0.717) is 0 Å². The minimum Gasteiger partial charge on any atom is -0.385 e. The van der Waals surface area contributed by atoms with Gasteiger partial charge in [0.25, 0.3) is 0 Å². The van der Waals surface area contributed by atoms with Crippen LogP contribution in [0.4, 0.5) is 0 Å². The van der Waals surface area contributed by atoms with E-state index in [2.05, 4.69) is 5.32 Å². The van der Waals surface area contributed by atoms with Gasteiger partial charge in [-0.3, -0.25) is 0 Å². The number of ether oxygens (including phenoxy) is 1. The first-order valence-corrected chi connectivity index (χ1v) is 3.16. The molecule has 48 valence electrons. The van der Waals surface area contributed by atoms with Crippen LogP contribution in [0.3, 0.4) is 0 Å². The van der Waals surface area contributed by atoms with Gasteiger partial charge in [0.1, 0.15) is 0 Å². The van der Waals surface area contributed by atoms with Gasteiger partial charge in [0.2, 0.25) is 0 Å². The molecular formula is C6H13NO. The zero-order valence-electron chi connectivity index (χ0n) is 5.31. The third-order valence-corrected chi connectivity index (χ3v) is 1.60. The first-order chi connectivity index (χ1) is 3.93. The van der Waals surface area contributed by atoms with E-state index in [1.54, 1.807) is 7.11 Å². The summed E-state index contributed by atoms with van der Waals surface area (Å²) in [6.45, 7) is 2.10. The van der Waals surface area contributed by atoms with Crippen LogP contribution >= 0.6 is 0 Å². The van der Waals surface area contributed by atoms with Gasteiger partial charge < -0.3 is 10.1 Å². The third kappa shape index (κ3) is 1.46. The highest BCUT2D eigenvalue weighted by Gasteiger charge is 2.14. The number of hydrogen-bond acceptors (Lipinski definition) is 2. The topological polar surface area (TPSA) is 21.3 Å². The van der Waals surface area contributed by atoms with Crippen LogP contribution in [-0.4, -0.2) is 26.3 Å². The Balaban J connectivity index is 1.86. The van der Waals surface area contributed by atoms with Crippen LogP contribution in [-0.2, 0) is 4.74 Å². The molecule has 1 heterocycles. The van der Waals surface area contributed by atoms with Crippen LogP contribution in [0.1, 0.15) is 12.8 Å². The van der Waals surface area contributed by atoms with Crippen molar-refractivity contribution in [1.82, 2.24) is 5.32 Å². The van der Waals surface area contributed by atoms with E-state index in [4.69, 9.17) is 4.74 Å². The number of rotatable bonds is 3. The first kappa shape index (κ1) is 6.05. The minimum absolute atomic E-state index is 0.759. The monoisotopic (exact) mass is 115 g/mol. The molecule has 1 saturated heterocycles. The van der Waals surface area contributed by atoms with Crippen LogP contribution in [0.25, 0.3) is 0 Å². The van der Waals surface area contributed by atoms with Crippen molar-refractivity contribution in [2.24, 2.45) is 0 Å². The predicted octanol–water partition coefficient (Wildman–Crippen LogP) is 0.385. The Morgan fingerprint density at radius 1 is 1.75 bits per heavy atom. The molecule has 0 bridgehead atoms. The molecule has 0 aliphatic carbocycles. The second kappa shape index (κ2) is 3.05. The van der Waals surface area contributed by atoms with Gasteiger partial charge in [0.05, 0.1) is 0 Å². The Morgan fingerprint density at radius 3 is 2.88 bits per heavy atom. The quantitative estimate of drug-likeness (QED) is 0.574. The lowest BCUT2D eigenvalue weighted by Gasteiger charge is -2.26. The van der Waals surface area contributed by atoms with Gasteiger partial charge in [0, 0.05) is 19.8 Å². The van der Waals surface area contributed by atoms with Crippen molar-refractivity contribution < 1.29 is 4.74 Å². The van der Waals surface area contributed by atoms with E-state index in [-0.39, 0.29) is 0 Å². The van der Waals surface area contributed by atoms with E-state index in [9.17, 15) is 0 Å². The second-order valence-corrected chi connectivity index (χ2v) is 2.22. The van der Waals surface area contributed by atoms with Gasteiger partial charge in [-0.25, -0.2) is 0 Å². The standard InChI is InChI=1S/C6H13NO/c1-8-5-3-6-2-4-7-6/h6-7H,2-5H2,1H3. The van der Waals surface area contributed by atoms with E-state index in [1.165, 1.54) is 19.4 Å². The van der Waals surface area contributed by atoms with E-state index >= 15 is 0 Å². The van der Waals surface area contributed by atoms with Gasteiger partial charge in [-0.1, -0.05) is 0 Å². The molecule has 0 saturated carbocycles. The summed E-state index contributed by atoms with van der Waals surface area (Å²) in [5.74, 6) is 0. The lowest BCUT2D eigenvalue weighted by Crippen LogP contribution is -2.43. The molecule has 1 aliphatic heterocycles. The van der Waals surface area contributed by atoms with E-state index < -0.39 is 0 Å². The zero-order chi connectivity index (χ0) is 5.82. The Bertz CT molecular complexity index is 61.5. The third-order valence-electron chi connectivity index (χ3n) is 1.60. The molecule has 1 rings (SSSR count). The highest BCUT2D eigenvalue weighted by atomic mass is 16.5. The van der Waals surface area contributed by atoms with Crippen molar-refractivity contribution in [3.8, 4) is 0 Å². The van der Waals surface area contributed by atoms with E-state index in [1.807, 2.05) is 0 Å². The molecule has 8 heavy (non-hydrogen) atoms. The largest absolute Gasteiger partial charge is 0.385 e. The summed E-state index contributed by atoms with van der Waals surface area (Å²) >= 11 is 0. The molecule has 1 aliphatic rings. The molecule has 0 aromatic rings. The molecule has 0 aromatic heterocycles. The van der Waals surface area contributed by atoms with Crippen molar-refractivity contribution in [1.29, 1.82) is 0 Å². The molecule has 0 aromatic carbocycles. The summed E-state index contributed by atoms with van der Waals surface area (Å²) in [6.07, 6.45) is 2.51. The molecule has 0 radical (unpaired) electrons. The molecule has 1 unspecified atom stereocenters. The summed E-state index contributed by atoms with van der Waals surface area (Å²) < 4.78 is 4.91. The summed E-state index contributed by atoms with van der Waals surface area (Å²) in [7, 11) is 1.75. The lowest BCUT2D eigenvalue weighted by molar-refractivity contribution is 0.169. The highest BCUT2D eigenvalue weighted by Crippen LogP contribution is 2.05. The van der Waals surface area contributed by atoms with Crippen LogP contribution in [0, 0.1) is 0 Å². The normalized spacial score (nSPS) is 27.4. The van der Waals surface area contributed by atoms with Gasteiger partial charge in [0.15, 0.2) is 0 Å². The smallest absolute Gasteiger partial charge is 0.0477 e. The molecule has 1 atom stereocenters. The number of nitrogens with one attached hydrogen (secondary N) is 1. The van der Waals surface area contributed by atoms with Crippen molar-refractivity contribution in [2.45, 2.75) is 18.9 Å². The molecule has 1 fully saturated rings. The Labute approximate surface area is 50.2 Å². The average Bonchev–Trinajstić information content (AvgIpc) is 1.63. The Kier molecular flexibility index (Phi) is 2.30. The highest BCUT2D eigenvalue weighted by molar-refractivity contribution is 4.76. The molecule has 0 amide bonds. The number of hydrogen-bond donors (Lipinski definition) is 1. The van der Waals surface area contributed by atoms with Gasteiger partial charge in [-0.05, 0) is 19.4 Å². The van der Waals surface area contributed by atoms with Crippen LogP contribution in [0.2, 0.25) is 0 Å². The SMILES string of the molecule is COCCC1CCN1.